The molecule has 1 aliphatic rings. The van der Waals surface area contributed by atoms with Gasteiger partial charge in [0.25, 0.3) is 5.56 Å². The molecular formula is C33H35N3O3S. The summed E-state index contributed by atoms with van der Waals surface area (Å²) in [6, 6.07) is 15.7. The van der Waals surface area contributed by atoms with Gasteiger partial charge in [0, 0.05) is 29.2 Å². The molecule has 2 aromatic carbocycles. The molecule has 1 atom stereocenters. The van der Waals surface area contributed by atoms with Crippen molar-refractivity contribution in [1.29, 1.82) is 0 Å². The van der Waals surface area contributed by atoms with E-state index in [4.69, 9.17) is 9.73 Å². The number of carbonyl (C=O) groups excluding carboxylic acids is 1. The van der Waals surface area contributed by atoms with Crippen molar-refractivity contribution in [1.82, 2.24) is 9.13 Å². The van der Waals surface area contributed by atoms with Gasteiger partial charge in [-0.05, 0) is 42.5 Å². The molecule has 0 bridgehead atoms. The van der Waals surface area contributed by atoms with Gasteiger partial charge < -0.3 is 9.30 Å². The fraction of sp³-hybridized carbons (Fsp3) is 0.303. The highest BCUT2D eigenvalue weighted by Gasteiger charge is 2.34. The molecule has 0 saturated heterocycles. The predicted molar refractivity (Wildman–Crippen MR) is 162 cm³/mol. The standard InChI is InChI=1S/C33H35N3O3S/c1-6-11-26-29(32(38)39-8-3)30(23-16-14-22(15-17-23)21(4)5)36-31(37)28(40-33(36)34-26)19-24-20-35(18-7-2)27-13-10-9-12-25(24)27/h7,9-10,12-17,19-21,30H,2,6,8,11,18H2,1,3-5H3/b28-19+. The summed E-state index contributed by atoms with van der Waals surface area (Å²) in [4.78, 5) is 33.0. The lowest BCUT2D eigenvalue weighted by Gasteiger charge is -2.26. The van der Waals surface area contributed by atoms with Crippen molar-refractivity contribution in [2.75, 3.05) is 6.61 Å². The number of allylic oxidation sites excluding steroid dienone is 2. The molecule has 1 unspecified atom stereocenters. The first-order chi connectivity index (χ1) is 19.4. The van der Waals surface area contributed by atoms with E-state index in [-0.39, 0.29) is 12.2 Å². The van der Waals surface area contributed by atoms with Gasteiger partial charge in [-0.25, -0.2) is 9.79 Å². The third-order valence-corrected chi connectivity index (χ3v) is 8.23. The van der Waals surface area contributed by atoms with Crippen LogP contribution < -0.4 is 14.9 Å². The second-order valence-corrected chi connectivity index (χ2v) is 11.3. The zero-order valence-electron chi connectivity index (χ0n) is 23.5. The number of para-hydroxylation sites is 1. The minimum Gasteiger partial charge on any atom is -0.463 e. The maximum absolute atomic E-state index is 14.1. The van der Waals surface area contributed by atoms with Crippen LogP contribution in [0.2, 0.25) is 0 Å². The molecule has 0 saturated carbocycles. The molecule has 0 fully saturated rings. The van der Waals surface area contributed by atoms with E-state index < -0.39 is 12.0 Å². The highest BCUT2D eigenvalue weighted by Crippen LogP contribution is 2.33. The van der Waals surface area contributed by atoms with Crippen molar-refractivity contribution in [3.05, 3.63) is 115 Å². The van der Waals surface area contributed by atoms with E-state index in [0.29, 0.717) is 39.5 Å². The maximum Gasteiger partial charge on any atom is 0.338 e. The summed E-state index contributed by atoms with van der Waals surface area (Å²) in [7, 11) is 0. The smallest absolute Gasteiger partial charge is 0.338 e. The normalized spacial score (nSPS) is 15.4. The fourth-order valence-corrected chi connectivity index (χ4v) is 6.33. The number of carbonyl (C=O) groups is 1. The zero-order valence-corrected chi connectivity index (χ0v) is 24.3. The molecule has 0 spiro atoms. The Morgan fingerprint density at radius 3 is 2.58 bits per heavy atom. The number of rotatable bonds is 9. The highest BCUT2D eigenvalue weighted by atomic mass is 32.1. The quantitative estimate of drug-likeness (QED) is 0.193. The van der Waals surface area contributed by atoms with E-state index in [1.54, 1.807) is 11.5 Å². The van der Waals surface area contributed by atoms with Crippen molar-refractivity contribution in [2.45, 2.75) is 59.0 Å². The Morgan fingerprint density at radius 2 is 1.90 bits per heavy atom. The monoisotopic (exact) mass is 553 g/mol. The molecule has 2 aromatic heterocycles. The van der Waals surface area contributed by atoms with Gasteiger partial charge in [-0.2, -0.15) is 0 Å². The molecule has 0 N–H and O–H groups in total. The summed E-state index contributed by atoms with van der Waals surface area (Å²) in [5, 5.41) is 1.06. The Bertz CT molecular complexity index is 1780. The third-order valence-electron chi connectivity index (χ3n) is 7.24. The van der Waals surface area contributed by atoms with E-state index in [1.807, 2.05) is 36.4 Å². The van der Waals surface area contributed by atoms with Crippen LogP contribution in [0, 0.1) is 0 Å². The summed E-state index contributed by atoms with van der Waals surface area (Å²) in [5.41, 5.74) is 5.07. The van der Waals surface area contributed by atoms with Gasteiger partial charge in [-0.3, -0.25) is 9.36 Å². The summed E-state index contributed by atoms with van der Waals surface area (Å²) in [5.74, 6) is -0.0515. The summed E-state index contributed by atoms with van der Waals surface area (Å²) in [6.07, 6.45) is 7.30. The number of fused-ring (bicyclic) bond motifs is 2. The molecule has 0 radical (unpaired) electrons. The Hall–Kier alpha value is -3.97. The van der Waals surface area contributed by atoms with E-state index in [9.17, 15) is 9.59 Å². The Kier molecular flexibility index (Phi) is 8.03. The molecule has 0 aliphatic carbocycles. The minimum absolute atomic E-state index is 0.167. The van der Waals surface area contributed by atoms with Crippen molar-refractivity contribution < 1.29 is 9.53 Å². The number of esters is 1. The lowest BCUT2D eigenvalue weighted by atomic mass is 9.92. The Morgan fingerprint density at radius 1 is 1.15 bits per heavy atom. The molecule has 40 heavy (non-hydrogen) atoms. The van der Waals surface area contributed by atoms with E-state index in [0.717, 1.165) is 28.5 Å². The first kappa shape index (κ1) is 27.6. The summed E-state index contributed by atoms with van der Waals surface area (Å²) < 4.78 is 9.89. The maximum atomic E-state index is 14.1. The van der Waals surface area contributed by atoms with Gasteiger partial charge in [-0.1, -0.05) is 87.1 Å². The second-order valence-electron chi connectivity index (χ2n) is 10.3. The summed E-state index contributed by atoms with van der Waals surface area (Å²) in [6.45, 7) is 13.0. The van der Waals surface area contributed by atoms with Crippen molar-refractivity contribution >= 4 is 34.3 Å². The van der Waals surface area contributed by atoms with Crippen LogP contribution in [0.15, 0.2) is 88.4 Å². The molecule has 6 nitrogen and oxygen atoms in total. The van der Waals surface area contributed by atoms with Gasteiger partial charge in [0.2, 0.25) is 0 Å². The van der Waals surface area contributed by atoms with Gasteiger partial charge in [0.1, 0.15) is 0 Å². The Balaban J connectivity index is 1.75. The largest absolute Gasteiger partial charge is 0.463 e. The number of nitrogens with zero attached hydrogens (tertiary/aromatic N) is 3. The lowest BCUT2D eigenvalue weighted by molar-refractivity contribution is -0.139. The number of ether oxygens (including phenoxy) is 1. The molecule has 206 valence electrons. The van der Waals surface area contributed by atoms with Gasteiger partial charge in [0.15, 0.2) is 4.80 Å². The average molecular weight is 554 g/mol. The van der Waals surface area contributed by atoms with Crippen LogP contribution in [0.5, 0.6) is 0 Å². The van der Waals surface area contributed by atoms with Gasteiger partial charge >= 0.3 is 5.97 Å². The third kappa shape index (κ3) is 5.02. The number of aromatic nitrogens is 2. The summed E-state index contributed by atoms with van der Waals surface area (Å²) >= 11 is 1.36. The number of hydrogen-bond donors (Lipinski definition) is 0. The SMILES string of the molecule is C=CCn1cc(/C=c2/sc3n(c2=O)C(c2ccc(C(C)C)cc2)C(C(=O)OCC)=C(CCC)N=3)c2ccccc21. The van der Waals surface area contributed by atoms with Crippen molar-refractivity contribution in [2.24, 2.45) is 4.99 Å². The zero-order chi connectivity index (χ0) is 28.4. The van der Waals surface area contributed by atoms with Crippen molar-refractivity contribution in [3.8, 4) is 0 Å². The second kappa shape index (κ2) is 11.6. The fourth-order valence-electron chi connectivity index (χ4n) is 5.32. The van der Waals surface area contributed by atoms with Crippen LogP contribution in [0.1, 0.15) is 69.2 Å². The van der Waals surface area contributed by atoms with Gasteiger partial charge in [-0.15, -0.1) is 6.58 Å². The molecule has 7 heteroatoms. The molecular weight excluding hydrogens is 518 g/mol. The molecule has 0 amide bonds. The van der Waals surface area contributed by atoms with Crippen LogP contribution in [0.4, 0.5) is 0 Å². The topological polar surface area (TPSA) is 65.6 Å². The van der Waals surface area contributed by atoms with Crippen LogP contribution in [0.3, 0.4) is 0 Å². The number of benzene rings is 2. The van der Waals surface area contributed by atoms with Crippen LogP contribution in [0.25, 0.3) is 17.0 Å². The lowest BCUT2D eigenvalue weighted by Crippen LogP contribution is -2.40. The number of thiazole rings is 1. The predicted octanol–water partition coefficient (Wildman–Crippen LogP) is 5.84. The van der Waals surface area contributed by atoms with Crippen LogP contribution >= 0.6 is 11.3 Å². The van der Waals surface area contributed by atoms with E-state index in [2.05, 4.69) is 62.4 Å². The number of hydrogen-bond acceptors (Lipinski definition) is 5. The first-order valence-corrected chi connectivity index (χ1v) is 14.7. The molecule has 1 aliphatic heterocycles. The molecule has 5 rings (SSSR count). The average Bonchev–Trinajstić information content (AvgIpc) is 3.45. The minimum atomic E-state index is -0.609. The van der Waals surface area contributed by atoms with E-state index >= 15 is 0 Å². The van der Waals surface area contributed by atoms with E-state index in [1.165, 1.54) is 16.9 Å². The molecule has 3 heterocycles. The first-order valence-electron chi connectivity index (χ1n) is 13.9. The van der Waals surface area contributed by atoms with Crippen molar-refractivity contribution in [3.63, 3.8) is 0 Å². The van der Waals surface area contributed by atoms with Gasteiger partial charge in [0.05, 0.1) is 28.5 Å². The Labute approximate surface area is 238 Å². The van der Waals surface area contributed by atoms with Crippen LogP contribution in [-0.4, -0.2) is 21.7 Å². The van der Waals surface area contributed by atoms with Crippen LogP contribution in [-0.2, 0) is 16.1 Å². The molecule has 4 aromatic rings. The highest BCUT2D eigenvalue weighted by molar-refractivity contribution is 7.07.